The number of rotatable bonds is 7. The fourth-order valence-electron chi connectivity index (χ4n) is 5.16. The molecule has 0 aromatic rings. The second-order valence-electron chi connectivity index (χ2n) is 9.05. The average Bonchev–Trinajstić information content (AvgIpc) is 3.25. The quantitative estimate of drug-likeness (QED) is 0.717. The van der Waals surface area contributed by atoms with Crippen molar-refractivity contribution in [1.29, 1.82) is 0 Å². The maximum Gasteiger partial charge on any atom is 0.237 e. The largest absolute Gasteiger partial charge is 0.354 e. The number of likely N-dealkylation sites (tertiary alicyclic amines) is 1. The summed E-state index contributed by atoms with van der Waals surface area (Å²) in [7, 11) is 0. The maximum atomic E-state index is 13.0. The van der Waals surface area contributed by atoms with Crippen molar-refractivity contribution in [2.45, 2.75) is 83.6 Å². The van der Waals surface area contributed by atoms with Crippen LogP contribution in [0.4, 0.5) is 0 Å². The average molecular weight is 378 g/mol. The van der Waals surface area contributed by atoms with Crippen molar-refractivity contribution < 1.29 is 9.59 Å². The van der Waals surface area contributed by atoms with E-state index in [1.165, 1.54) is 32.1 Å². The van der Waals surface area contributed by atoms with Gasteiger partial charge in [0, 0.05) is 25.6 Å². The van der Waals surface area contributed by atoms with Crippen LogP contribution in [-0.2, 0) is 9.59 Å². The number of amides is 2. The lowest BCUT2D eigenvalue weighted by Gasteiger charge is -2.37. The van der Waals surface area contributed by atoms with E-state index >= 15 is 0 Å². The molecule has 0 aromatic heterocycles. The number of hydrogen-bond donors (Lipinski definition) is 2. The lowest BCUT2D eigenvalue weighted by atomic mass is 9.79. The van der Waals surface area contributed by atoms with Crippen LogP contribution in [0, 0.1) is 17.8 Å². The van der Waals surface area contributed by atoms with Gasteiger partial charge >= 0.3 is 0 Å². The minimum atomic E-state index is -0.00535. The second kappa shape index (κ2) is 10.4. The number of nitrogens with zero attached hydrogens (tertiary/aromatic N) is 1. The first kappa shape index (κ1) is 20.6. The van der Waals surface area contributed by atoms with Crippen LogP contribution in [-0.4, -0.2) is 48.9 Å². The Morgan fingerprint density at radius 1 is 1.04 bits per heavy atom. The Labute approximate surface area is 165 Å². The molecule has 2 heterocycles. The first-order chi connectivity index (χ1) is 13.2. The van der Waals surface area contributed by atoms with Gasteiger partial charge in [0.25, 0.3) is 0 Å². The van der Waals surface area contributed by atoms with E-state index < -0.39 is 0 Å². The van der Waals surface area contributed by atoms with Gasteiger partial charge in [-0.15, -0.1) is 0 Å². The topological polar surface area (TPSA) is 61.4 Å². The maximum absolute atomic E-state index is 13.0. The predicted octanol–water partition coefficient (Wildman–Crippen LogP) is 3.09. The summed E-state index contributed by atoms with van der Waals surface area (Å²) in [6, 6.07) is -0.00535. The third kappa shape index (κ3) is 5.94. The standard InChI is InChI=1S/C22H39N3O2/c1-2-3-6-17-9-11-19(12-10-17)22(27)25-14-5-7-18(16-25)15-24-21(26)20-8-4-13-23-20/h17-20,23H,2-16H2,1H3,(H,24,26). The van der Waals surface area contributed by atoms with Crippen LogP contribution < -0.4 is 10.6 Å². The van der Waals surface area contributed by atoms with Crippen molar-refractivity contribution in [2.24, 2.45) is 17.8 Å². The number of nitrogens with one attached hydrogen (secondary N) is 2. The van der Waals surface area contributed by atoms with Gasteiger partial charge in [0.2, 0.25) is 11.8 Å². The first-order valence-electron chi connectivity index (χ1n) is 11.5. The zero-order chi connectivity index (χ0) is 19.1. The van der Waals surface area contributed by atoms with Crippen LogP contribution in [0.3, 0.4) is 0 Å². The molecule has 27 heavy (non-hydrogen) atoms. The van der Waals surface area contributed by atoms with Gasteiger partial charge in [-0.05, 0) is 69.7 Å². The van der Waals surface area contributed by atoms with Gasteiger partial charge in [0.15, 0.2) is 0 Å². The summed E-state index contributed by atoms with van der Waals surface area (Å²) in [5, 5.41) is 6.37. The fraction of sp³-hybridized carbons (Fsp3) is 0.909. The Morgan fingerprint density at radius 3 is 2.56 bits per heavy atom. The molecule has 154 valence electrons. The summed E-state index contributed by atoms with van der Waals surface area (Å²) in [6.07, 6.45) is 12.8. The molecule has 2 aliphatic heterocycles. The highest BCUT2D eigenvalue weighted by Crippen LogP contribution is 2.33. The van der Waals surface area contributed by atoms with E-state index in [0.29, 0.717) is 18.4 Å². The van der Waals surface area contributed by atoms with Gasteiger partial charge in [-0.25, -0.2) is 0 Å². The Kier molecular flexibility index (Phi) is 7.98. The molecule has 1 saturated carbocycles. The SMILES string of the molecule is CCCCC1CCC(C(=O)N2CCCC(CNC(=O)C3CCCN3)C2)CC1. The molecule has 2 atom stereocenters. The molecule has 0 aromatic carbocycles. The summed E-state index contributed by atoms with van der Waals surface area (Å²) in [4.78, 5) is 27.3. The minimum absolute atomic E-state index is 0.00535. The molecule has 2 saturated heterocycles. The van der Waals surface area contributed by atoms with Crippen LogP contribution >= 0.6 is 0 Å². The molecule has 2 N–H and O–H groups in total. The molecule has 3 fully saturated rings. The summed E-state index contributed by atoms with van der Waals surface area (Å²) < 4.78 is 0. The van der Waals surface area contributed by atoms with Crippen LogP contribution in [0.5, 0.6) is 0 Å². The Hall–Kier alpha value is -1.10. The van der Waals surface area contributed by atoms with Gasteiger partial charge in [0.1, 0.15) is 0 Å². The van der Waals surface area contributed by atoms with Gasteiger partial charge in [-0.1, -0.05) is 26.2 Å². The number of hydrogen-bond acceptors (Lipinski definition) is 3. The van der Waals surface area contributed by atoms with Crippen molar-refractivity contribution in [2.75, 3.05) is 26.2 Å². The zero-order valence-corrected chi connectivity index (χ0v) is 17.2. The van der Waals surface area contributed by atoms with Gasteiger partial charge in [-0.2, -0.15) is 0 Å². The molecule has 3 rings (SSSR count). The molecule has 0 radical (unpaired) electrons. The van der Waals surface area contributed by atoms with E-state index in [4.69, 9.17) is 0 Å². The van der Waals surface area contributed by atoms with Crippen molar-refractivity contribution >= 4 is 11.8 Å². The molecule has 0 bridgehead atoms. The number of carbonyl (C=O) groups excluding carboxylic acids is 2. The monoisotopic (exact) mass is 377 g/mol. The Balaban J connectivity index is 1.39. The smallest absolute Gasteiger partial charge is 0.237 e. The van der Waals surface area contributed by atoms with Gasteiger partial charge in [-0.3, -0.25) is 9.59 Å². The molecule has 0 spiro atoms. The molecule has 2 amide bonds. The van der Waals surface area contributed by atoms with Crippen LogP contribution in [0.25, 0.3) is 0 Å². The van der Waals surface area contributed by atoms with Crippen molar-refractivity contribution in [3.63, 3.8) is 0 Å². The molecule has 5 heteroatoms. The van der Waals surface area contributed by atoms with E-state index in [0.717, 1.165) is 64.1 Å². The minimum Gasteiger partial charge on any atom is -0.354 e. The number of carbonyl (C=O) groups is 2. The van der Waals surface area contributed by atoms with Crippen molar-refractivity contribution in [1.82, 2.24) is 15.5 Å². The highest BCUT2D eigenvalue weighted by atomic mass is 16.2. The van der Waals surface area contributed by atoms with Crippen molar-refractivity contribution in [3.05, 3.63) is 0 Å². The Bertz CT molecular complexity index is 482. The second-order valence-corrected chi connectivity index (χ2v) is 9.05. The van der Waals surface area contributed by atoms with E-state index in [1.807, 2.05) is 0 Å². The summed E-state index contributed by atoms with van der Waals surface area (Å²) in [6.45, 7) is 5.65. The number of unbranched alkanes of at least 4 members (excludes halogenated alkanes) is 1. The molecular weight excluding hydrogens is 338 g/mol. The lowest BCUT2D eigenvalue weighted by Crippen LogP contribution is -2.48. The molecule has 2 unspecified atom stereocenters. The van der Waals surface area contributed by atoms with Crippen molar-refractivity contribution in [3.8, 4) is 0 Å². The summed E-state index contributed by atoms with van der Waals surface area (Å²) in [5.74, 6) is 2.04. The fourth-order valence-corrected chi connectivity index (χ4v) is 5.16. The van der Waals surface area contributed by atoms with Gasteiger partial charge in [0.05, 0.1) is 6.04 Å². The zero-order valence-electron chi connectivity index (χ0n) is 17.2. The highest BCUT2D eigenvalue weighted by Gasteiger charge is 2.32. The van der Waals surface area contributed by atoms with E-state index in [9.17, 15) is 9.59 Å². The van der Waals surface area contributed by atoms with Gasteiger partial charge < -0.3 is 15.5 Å². The lowest BCUT2D eigenvalue weighted by molar-refractivity contribution is -0.138. The first-order valence-corrected chi connectivity index (χ1v) is 11.5. The summed E-state index contributed by atoms with van der Waals surface area (Å²) in [5.41, 5.74) is 0. The van der Waals surface area contributed by atoms with E-state index in [-0.39, 0.29) is 17.9 Å². The van der Waals surface area contributed by atoms with Crippen LogP contribution in [0.15, 0.2) is 0 Å². The molecular formula is C22H39N3O2. The number of piperidine rings is 1. The molecule has 5 nitrogen and oxygen atoms in total. The molecule has 1 aliphatic carbocycles. The van der Waals surface area contributed by atoms with Crippen LogP contribution in [0.2, 0.25) is 0 Å². The normalized spacial score (nSPS) is 31.7. The highest BCUT2D eigenvalue weighted by molar-refractivity contribution is 5.82. The third-order valence-corrected chi connectivity index (χ3v) is 6.93. The van der Waals surface area contributed by atoms with E-state index in [1.54, 1.807) is 0 Å². The summed E-state index contributed by atoms with van der Waals surface area (Å²) >= 11 is 0. The van der Waals surface area contributed by atoms with Crippen LogP contribution in [0.1, 0.15) is 77.6 Å². The van der Waals surface area contributed by atoms with E-state index in [2.05, 4.69) is 22.5 Å². The third-order valence-electron chi connectivity index (χ3n) is 6.93. The Morgan fingerprint density at radius 2 is 1.85 bits per heavy atom. The molecule has 3 aliphatic rings. The predicted molar refractivity (Wildman–Crippen MR) is 108 cm³/mol.